The average Bonchev–Trinajstić information content (AvgIpc) is 2.42. The first-order valence-electron chi connectivity index (χ1n) is 6.92. The van der Waals surface area contributed by atoms with Gasteiger partial charge >= 0.3 is 0 Å². The summed E-state index contributed by atoms with van der Waals surface area (Å²) < 4.78 is 0. The molecule has 2 rings (SSSR count). The van der Waals surface area contributed by atoms with Gasteiger partial charge in [0.05, 0.1) is 17.5 Å². The van der Waals surface area contributed by atoms with Gasteiger partial charge in [0.1, 0.15) is 5.82 Å². The van der Waals surface area contributed by atoms with E-state index in [2.05, 4.69) is 25.3 Å². The van der Waals surface area contributed by atoms with Gasteiger partial charge in [-0.3, -0.25) is 14.4 Å². The Bertz CT molecular complexity index is 830. The summed E-state index contributed by atoms with van der Waals surface area (Å²) in [4.78, 5) is 48.2. The molecule has 2 heterocycles. The predicted octanol–water partition coefficient (Wildman–Crippen LogP) is 0.267. The van der Waals surface area contributed by atoms with Crippen LogP contribution in [0.5, 0.6) is 0 Å². The molecule has 0 spiro atoms. The smallest absolute Gasteiger partial charge is 0.251 e. The Kier molecular flexibility index (Phi) is 5.32. The van der Waals surface area contributed by atoms with Gasteiger partial charge in [-0.25, -0.2) is 9.97 Å². The minimum atomic E-state index is -0.456. The molecule has 1 amide bonds. The van der Waals surface area contributed by atoms with E-state index in [9.17, 15) is 14.4 Å². The summed E-state index contributed by atoms with van der Waals surface area (Å²) in [7, 11) is 0. The van der Waals surface area contributed by atoms with Crippen LogP contribution < -0.4 is 16.4 Å². The molecule has 3 N–H and O–H groups in total. The van der Waals surface area contributed by atoms with Gasteiger partial charge in [0.2, 0.25) is 5.91 Å². The van der Waals surface area contributed by atoms with E-state index in [-0.39, 0.29) is 23.6 Å². The average molecular weight is 335 g/mol. The van der Waals surface area contributed by atoms with Crippen molar-refractivity contribution in [3.63, 3.8) is 0 Å². The molecule has 0 bridgehead atoms. The van der Waals surface area contributed by atoms with Crippen LogP contribution in [0.15, 0.2) is 26.9 Å². The number of H-pyrrole nitrogens is 2. The largest absolute Gasteiger partial charge is 0.349 e. The number of aromatic nitrogens is 4. The van der Waals surface area contributed by atoms with Gasteiger partial charge in [0, 0.05) is 17.8 Å². The summed E-state index contributed by atoms with van der Waals surface area (Å²) in [5, 5.41) is 2.64. The number of hydrogen-bond donors (Lipinski definition) is 3. The van der Waals surface area contributed by atoms with Crippen molar-refractivity contribution in [2.45, 2.75) is 37.7 Å². The van der Waals surface area contributed by atoms with Crippen molar-refractivity contribution in [1.29, 1.82) is 0 Å². The Morgan fingerprint density at radius 1 is 1.22 bits per heavy atom. The molecule has 1 atom stereocenters. The number of carbonyl (C=O) groups is 1. The molecule has 0 unspecified atom stereocenters. The molecule has 0 aliphatic heterocycles. The van der Waals surface area contributed by atoms with Crippen molar-refractivity contribution in [2.75, 3.05) is 0 Å². The first-order valence-corrected chi connectivity index (χ1v) is 7.80. The zero-order valence-electron chi connectivity index (χ0n) is 13.0. The van der Waals surface area contributed by atoms with E-state index in [1.807, 2.05) is 0 Å². The van der Waals surface area contributed by atoms with Crippen molar-refractivity contribution >= 4 is 17.7 Å². The number of carbonyl (C=O) groups excluding carboxylic acids is 1. The standard InChI is InChI=1S/C14H17N5O3S/c1-7-4-11(20)19-14(16-7)23-8(2)13(22)15-6-10-5-12(21)18-9(3)17-10/h4-5,8H,6H2,1-3H3,(H,15,22)(H,16,19,20)(H,17,18,21)/t8-/m1/s1. The van der Waals surface area contributed by atoms with Crippen LogP contribution in [-0.2, 0) is 11.3 Å². The molecule has 2 aromatic rings. The second kappa shape index (κ2) is 7.23. The van der Waals surface area contributed by atoms with Crippen LogP contribution >= 0.6 is 11.8 Å². The molecule has 0 radical (unpaired) electrons. The fraction of sp³-hybridized carbons (Fsp3) is 0.357. The lowest BCUT2D eigenvalue weighted by atomic mass is 10.3. The van der Waals surface area contributed by atoms with E-state index >= 15 is 0 Å². The minimum absolute atomic E-state index is 0.159. The van der Waals surface area contributed by atoms with E-state index in [1.54, 1.807) is 20.8 Å². The highest BCUT2D eigenvalue weighted by Gasteiger charge is 2.16. The fourth-order valence-electron chi connectivity index (χ4n) is 1.88. The van der Waals surface area contributed by atoms with Crippen molar-refractivity contribution in [3.8, 4) is 0 Å². The summed E-state index contributed by atoms with van der Waals surface area (Å²) in [6.07, 6.45) is 0. The Hall–Kier alpha value is -2.42. The Morgan fingerprint density at radius 3 is 2.57 bits per heavy atom. The van der Waals surface area contributed by atoms with E-state index in [4.69, 9.17) is 0 Å². The van der Waals surface area contributed by atoms with Crippen LogP contribution in [0.3, 0.4) is 0 Å². The zero-order chi connectivity index (χ0) is 17.0. The van der Waals surface area contributed by atoms with Gasteiger partial charge in [0.15, 0.2) is 5.16 Å². The number of aryl methyl sites for hydroxylation is 2. The summed E-state index contributed by atoms with van der Waals surface area (Å²) in [6, 6.07) is 2.72. The third-order valence-electron chi connectivity index (χ3n) is 2.86. The highest BCUT2D eigenvalue weighted by Crippen LogP contribution is 2.18. The van der Waals surface area contributed by atoms with Gasteiger partial charge in [-0.05, 0) is 20.8 Å². The molecule has 0 aromatic carbocycles. The number of aromatic amines is 2. The molecule has 8 nitrogen and oxygen atoms in total. The number of rotatable bonds is 5. The molecule has 0 saturated carbocycles. The molecule has 0 saturated heterocycles. The molecule has 0 fully saturated rings. The van der Waals surface area contributed by atoms with E-state index < -0.39 is 5.25 Å². The maximum absolute atomic E-state index is 12.1. The minimum Gasteiger partial charge on any atom is -0.349 e. The Labute approximate surface area is 136 Å². The molecule has 23 heavy (non-hydrogen) atoms. The first kappa shape index (κ1) is 16.9. The predicted molar refractivity (Wildman–Crippen MR) is 86.4 cm³/mol. The molecule has 2 aromatic heterocycles. The van der Waals surface area contributed by atoms with Crippen LogP contribution in [-0.4, -0.2) is 31.1 Å². The number of nitrogens with zero attached hydrogens (tertiary/aromatic N) is 2. The molecule has 0 aliphatic carbocycles. The van der Waals surface area contributed by atoms with Gasteiger partial charge in [0.25, 0.3) is 11.1 Å². The van der Waals surface area contributed by atoms with Gasteiger partial charge in [-0.15, -0.1) is 0 Å². The van der Waals surface area contributed by atoms with Crippen molar-refractivity contribution in [3.05, 3.63) is 50.1 Å². The molecule has 122 valence electrons. The third-order valence-corrected chi connectivity index (χ3v) is 3.85. The maximum Gasteiger partial charge on any atom is 0.251 e. The monoisotopic (exact) mass is 335 g/mol. The van der Waals surface area contributed by atoms with Gasteiger partial charge < -0.3 is 15.3 Å². The number of hydrogen-bond acceptors (Lipinski definition) is 6. The molecular weight excluding hydrogens is 318 g/mol. The van der Waals surface area contributed by atoms with Crippen LogP contribution in [0.25, 0.3) is 0 Å². The second-order valence-electron chi connectivity index (χ2n) is 4.99. The van der Waals surface area contributed by atoms with E-state index in [1.165, 1.54) is 12.1 Å². The molecule has 9 heteroatoms. The lowest BCUT2D eigenvalue weighted by molar-refractivity contribution is -0.120. The summed E-state index contributed by atoms with van der Waals surface area (Å²) in [6.45, 7) is 5.25. The summed E-state index contributed by atoms with van der Waals surface area (Å²) in [5.41, 5.74) is 0.562. The first-order chi connectivity index (χ1) is 10.8. The lowest BCUT2D eigenvalue weighted by Crippen LogP contribution is -2.31. The van der Waals surface area contributed by atoms with Crippen LogP contribution in [0.1, 0.15) is 24.1 Å². The number of thioether (sulfide) groups is 1. The van der Waals surface area contributed by atoms with Gasteiger partial charge in [-0.1, -0.05) is 11.8 Å². The van der Waals surface area contributed by atoms with Crippen LogP contribution in [0, 0.1) is 13.8 Å². The number of amides is 1. The van der Waals surface area contributed by atoms with Gasteiger partial charge in [-0.2, -0.15) is 0 Å². The quantitative estimate of drug-likeness (QED) is 0.533. The summed E-state index contributed by atoms with van der Waals surface area (Å²) in [5.74, 6) is 0.254. The number of nitrogens with one attached hydrogen (secondary N) is 3. The highest BCUT2D eigenvalue weighted by molar-refractivity contribution is 8.00. The molecule has 0 aliphatic rings. The topological polar surface area (TPSA) is 121 Å². The lowest BCUT2D eigenvalue weighted by Gasteiger charge is -2.11. The van der Waals surface area contributed by atoms with Crippen molar-refractivity contribution < 1.29 is 4.79 Å². The Morgan fingerprint density at radius 2 is 1.91 bits per heavy atom. The normalized spacial score (nSPS) is 12.0. The van der Waals surface area contributed by atoms with Crippen molar-refractivity contribution in [2.24, 2.45) is 0 Å². The Balaban J connectivity index is 1.97. The van der Waals surface area contributed by atoms with Crippen LogP contribution in [0.4, 0.5) is 0 Å². The van der Waals surface area contributed by atoms with Crippen LogP contribution in [0.2, 0.25) is 0 Å². The van der Waals surface area contributed by atoms with E-state index in [0.29, 0.717) is 22.4 Å². The molecular formula is C14H17N5O3S. The van der Waals surface area contributed by atoms with E-state index in [0.717, 1.165) is 11.8 Å². The summed E-state index contributed by atoms with van der Waals surface area (Å²) >= 11 is 1.15. The maximum atomic E-state index is 12.1. The zero-order valence-corrected chi connectivity index (χ0v) is 13.8. The van der Waals surface area contributed by atoms with Crippen molar-refractivity contribution in [1.82, 2.24) is 25.3 Å². The third kappa shape index (κ3) is 5.06. The fourth-order valence-corrected chi connectivity index (χ4v) is 2.76. The SMILES string of the molecule is Cc1cc(=O)[nH]c(S[C@H](C)C(=O)NCc2cc(=O)[nH]c(C)n2)n1. The second-order valence-corrected chi connectivity index (χ2v) is 6.32. The highest BCUT2D eigenvalue weighted by atomic mass is 32.2.